The SMILES string of the molecule is COc1cccc(NC(=O)N2CCN(CCn3ccnc3)CC2)c1OC. The molecule has 0 bridgehead atoms. The van der Waals surface area contributed by atoms with Crippen molar-refractivity contribution in [2.45, 2.75) is 6.54 Å². The molecule has 0 atom stereocenters. The summed E-state index contributed by atoms with van der Waals surface area (Å²) < 4.78 is 12.7. The van der Waals surface area contributed by atoms with E-state index in [-0.39, 0.29) is 6.03 Å². The predicted molar refractivity (Wildman–Crippen MR) is 98.8 cm³/mol. The van der Waals surface area contributed by atoms with Crippen molar-refractivity contribution >= 4 is 11.7 Å². The van der Waals surface area contributed by atoms with Crippen LogP contribution in [-0.2, 0) is 6.54 Å². The molecule has 1 aromatic carbocycles. The number of ether oxygens (including phenoxy) is 2. The van der Waals surface area contributed by atoms with Gasteiger partial charge in [-0.05, 0) is 12.1 Å². The second-order valence-electron chi connectivity index (χ2n) is 6.10. The number of carbonyl (C=O) groups excluding carboxylic acids is 1. The molecule has 1 aliphatic rings. The molecule has 1 aromatic heterocycles. The summed E-state index contributed by atoms with van der Waals surface area (Å²) >= 11 is 0. The van der Waals surface area contributed by atoms with Gasteiger partial charge in [0.2, 0.25) is 0 Å². The number of hydrogen-bond donors (Lipinski definition) is 1. The van der Waals surface area contributed by atoms with Gasteiger partial charge in [0.1, 0.15) is 0 Å². The molecule has 1 fully saturated rings. The van der Waals surface area contributed by atoms with Crippen molar-refractivity contribution in [2.24, 2.45) is 0 Å². The molecular weight excluding hydrogens is 334 g/mol. The summed E-state index contributed by atoms with van der Waals surface area (Å²) in [6.45, 7) is 4.97. The number of urea groups is 1. The number of rotatable bonds is 6. The number of hydrogen-bond acceptors (Lipinski definition) is 5. The van der Waals surface area contributed by atoms with Gasteiger partial charge >= 0.3 is 6.03 Å². The predicted octanol–water partition coefficient (Wildman–Crippen LogP) is 1.75. The molecule has 140 valence electrons. The summed E-state index contributed by atoms with van der Waals surface area (Å²) in [7, 11) is 3.14. The van der Waals surface area contributed by atoms with Crippen molar-refractivity contribution in [3.63, 3.8) is 0 Å². The van der Waals surface area contributed by atoms with Crippen molar-refractivity contribution in [1.82, 2.24) is 19.4 Å². The van der Waals surface area contributed by atoms with Gasteiger partial charge in [-0.25, -0.2) is 9.78 Å². The number of amides is 2. The highest BCUT2D eigenvalue weighted by Crippen LogP contribution is 2.34. The molecule has 2 heterocycles. The molecule has 2 aromatic rings. The lowest BCUT2D eigenvalue weighted by atomic mass is 10.2. The fourth-order valence-electron chi connectivity index (χ4n) is 3.03. The minimum absolute atomic E-state index is 0.120. The molecule has 3 rings (SSSR count). The van der Waals surface area contributed by atoms with Crippen molar-refractivity contribution in [3.05, 3.63) is 36.9 Å². The minimum atomic E-state index is -0.120. The standard InChI is InChI=1S/C18H25N5O3/c1-25-16-5-3-4-15(17(16)26-2)20-18(24)23-12-10-21(11-13-23)8-9-22-7-6-19-14-22/h3-7,14H,8-13H2,1-2H3,(H,20,24). The Kier molecular flexibility index (Phi) is 5.96. The number of carbonyl (C=O) groups is 1. The third-order valence-electron chi connectivity index (χ3n) is 4.54. The van der Waals surface area contributed by atoms with E-state index in [4.69, 9.17) is 9.47 Å². The van der Waals surface area contributed by atoms with Gasteiger partial charge in [-0.2, -0.15) is 0 Å². The molecule has 1 aliphatic heterocycles. The largest absolute Gasteiger partial charge is 0.493 e. The van der Waals surface area contributed by atoms with E-state index in [0.29, 0.717) is 30.3 Å². The zero-order valence-corrected chi connectivity index (χ0v) is 15.2. The lowest BCUT2D eigenvalue weighted by Crippen LogP contribution is -2.50. The maximum atomic E-state index is 12.6. The summed E-state index contributed by atoms with van der Waals surface area (Å²) in [4.78, 5) is 20.8. The zero-order chi connectivity index (χ0) is 18.4. The number of imidazole rings is 1. The molecular formula is C18H25N5O3. The van der Waals surface area contributed by atoms with E-state index in [9.17, 15) is 4.79 Å². The van der Waals surface area contributed by atoms with Crippen LogP contribution < -0.4 is 14.8 Å². The van der Waals surface area contributed by atoms with Gasteiger partial charge in [0, 0.05) is 51.7 Å². The van der Waals surface area contributed by atoms with E-state index in [1.807, 2.05) is 23.5 Å². The molecule has 1 N–H and O–H groups in total. The highest BCUT2D eigenvalue weighted by molar-refractivity contribution is 5.91. The Morgan fingerprint density at radius 3 is 2.62 bits per heavy atom. The number of nitrogens with one attached hydrogen (secondary N) is 1. The smallest absolute Gasteiger partial charge is 0.322 e. The van der Waals surface area contributed by atoms with E-state index in [0.717, 1.165) is 26.2 Å². The monoisotopic (exact) mass is 359 g/mol. The van der Waals surface area contributed by atoms with Crippen LogP contribution >= 0.6 is 0 Å². The van der Waals surface area contributed by atoms with Gasteiger partial charge in [0.05, 0.1) is 26.2 Å². The van der Waals surface area contributed by atoms with E-state index in [1.165, 1.54) is 0 Å². The first kappa shape index (κ1) is 18.1. The van der Waals surface area contributed by atoms with Gasteiger partial charge in [0.15, 0.2) is 11.5 Å². The Labute approximate surface area is 153 Å². The summed E-state index contributed by atoms with van der Waals surface area (Å²) in [5.74, 6) is 1.12. The Bertz CT molecular complexity index is 712. The Balaban J connectivity index is 1.51. The van der Waals surface area contributed by atoms with Crippen LogP contribution in [0.2, 0.25) is 0 Å². The number of benzene rings is 1. The van der Waals surface area contributed by atoms with Gasteiger partial charge in [0.25, 0.3) is 0 Å². The van der Waals surface area contributed by atoms with Crippen LogP contribution in [0.5, 0.6) is 11.5 Å². The fourth-order valence-corrected chi connectivity index (χ4v) is 3.03. The Morgan fingerprint density at radius 1 is 1.15 bits per heavy atom. The number of anilines is 1. The lowest BCUT2D eigenvalue weighted by molar-refractivity contribution is 0.144. The van der Waals surface area contributed by atoms with Crippen molar-refractivity contribution in [1.29, 1.82) is 0 Å². The summed E-state index contributed by atoms with van der Waals surface area (Å²) in [5, 5.41) is 2.93. The van der Waals surface area contributed by atoms with Gasteiger partial charge < -0.3 is 24.3 Å². The Hall–Kier alpha value is -2.74. The number of aromatic nitrogens is 2. The maximum Gasteiger partial charge on any atom is 0.322 e. The number of piperazine rings is 1. The molecule has 2 amide bonds. The van der Waals surface area contributed by atoms with Crippen LogP contribution in [-0.4, -0.2) is 72.3 Å². The first-order chi connectivity index (χ1) is 12.7. The quantitative estimate of drug-likeness (QED) is 0.851. The van der Waals surface area contributed by atoms with Crippen LogP contribution in [0.3, 0.4) is 0 Å². The van der Waals surface area contributed by atoms with Gasteiger partial charge in [-0.3, -0.25) is 4.90 Å². The third-order valence-corrected chi connectivity index (χ3v) is 4.54. The van der Waals surface area contributed by atoms with E-state index in [1.54, 1.807) is 32.5 Å². The topological polar surface area (TPSA) is 71.9 Å². The second-order valence-corrected chi connectivity index (χ2v) is 6.10. The average Bonchev–Trinajstić information content (AvgIpc) is 3.20. The highest BCUT2D eigenvalue weighted by Gasteiger charge is 2.22. The molecule has 26 heavy (non-hydrogen) atoms. The first-order valence-electron chi connectivity index (χ1n) is 8.66. The summed E-state index contributed by atoms with van der Waals surface area (Å²) in [6, 6.07) is 5.31. The van der Waals surface area contributed by atoms with Crippen LogP contribution in [0, 0.1) is 0 Å². The Morgan fingerprint density at radius 2 is 1.96 bits per heavy atom. The first-order valence-corrected chi connectivity index (χ1v) is 8.66. The molecule has 0 radical (unpaired) electrons. The van der Waals surface area contributed by atoms with Gasteiger partial charge in [-0.1, -0.05) is 6.07 Å². The van der Waals surface area contributed by atoms with E-state index in [2.05, 4.69) is 19.8 Å². The molecule has 1 saturated heterocycles. The van der Waals surface area contributed by atoms with Crippen LogP contribution in [0.15, 0.2) is 36.9 Å². The highest BCUT2D eigenvalue weighted by atomic mass is 16.5. The van der Waals surface area contributed by atoms with E-state index < -0.39 is 0 Å². The molecule has 8 heteroatoms. The molecule has 0 unspecified atom stereocenters. The zero-order valence-electron chi connectivity index (χ0n) is 15.2. The van der Waals surface area contributed by atoms with Crippen LogP contribution in [0.4, 0.5) is 10.5 Å². The molecule has 8 nitrogen and oxygen atoms in total. The third kappa shape index (κ3) is 4.26. The van der Waals surface area contributed by atoms with Crippen molar-refractivity contribution < 1.29 is 14.3 Å². The number of methoxy groups -OCH3 is 2. The summed E-state index contributed by atoms with van der Waals surface area (Å²) in [5.41, 5.74) is 0.611. The fraction of sp³-hybridized carbons (Fsp3) is 0.444. The normalized spacial score (nSPS) is 14.9. The lowest BCUT2D eigenvalue weighted by Gasteiger charge is -2.34. The van der Waals surface area contributed by atoms with Gasteiger partial charge in [-0.15, -0.1) is 0 Å². The van der Waals surface area contributed by atoms with Crippen LogP contribution in [0.1, 0.15) is 0 Å². The number of para-hydroxylation sites is 1. The van der Waals surface area contributed by atoms with Crippen molar-refractivity contribution in [2.75, 3.05) is 52.3 Å². The molecule has 0 aliphatic carbocycles. The maximum absolute atomic E-state index is 12.6. The molecule has 0 saturated carbocycles. The molecule has 0 spiro atoms. The minimum Gasteiger partial charge on any atom is -0.493 e. The van der Waals surface area contributed by atoms with Crippen LogP contribution in [0.25, 0.3) is 0 Å². The summed E-state index contributed by atoms with van der Waals surface area (Å²) in [6.07, 6.45) is 5.57. The van der Waals surface area contributed by atoms with Crippen molar-refractivity contribution in [3.8, 4) is 11.5 Å². The average molecular weight is 359 g/mol. The number of nitrogens with zero attached hydrogens (tertiary/aromatic N) is 4. The van der Waals surface area contributed by atoms with E-state index >= 15 is 0 Å². The second kappa shape index (κ2) is 8.57.